The molecule has 17 heavy (non-hydrogen) atoms. The molecule has 0 aliphatic heterocycles. The Morgan fingerprint density at radius 3 is 2.00 bits per heavy atom. The first-order valence-electron chi connectivity index (χ1n) is 3.95. The predicted octanol–water partition coefficient (Wildman–Crippen LogP) is 1.18. The summed E-state index contributed by atoms with van der Waals surface area (Å²) in [6.07, 6.45) is -0.0198. The SMILES string of the molecule is CC(C)(C)O/C([O-])=C/[N-]S(=O)(=O)C(F)(F)F.[Zn+2]. The molecule has 0 aromatic carbocycles. The van der Waals surface area contributed by atoms with Gasteiger partial charge in [-0.3, -0.25) is 0 Å². The van der Waals surface area contributed by atoms with E-state index in [2.05, 4.69) is 9.46 Å². The summed E-state index contributed by atoms with van der Waals surface area (Å²) in [6, 6.07) is 0. The minimum absolute atomic E-state index is 0. The van der Waals surface area contributed by atoms with Crippen LogP contribution in [0.2, 0.25) is 0 Å². The molecule has 0 saturated heterocycles. The fourth-order valence-corrected chi connectivity index (χ4v) is 0.845. The van der Waals surface area contributed by atoms with Crippen LogP contribution in [0.1, 0.15) is 20.8 Å². The van der Waals surface area contributed by atoms with Gasteiger partial charge in [-0.15, -0.1) is 6.20 Å². The van der Waals surface area contributed by atoms with Crippen molar-refractivity contribution >= 4 is 10.0 Å². The minimum Gasteiger partial charge on any atom is -0.609 e. The van der Waals surface area contributed by atoms with Gasteiger partial charge in [0, 0.05) is 11.5 Å². The summed E-state index contributed by atoms with van der Waals surface area (Å²) >= 11 is 0. The topological polar surface area (TPSA) is 80.5 Å². The zero-order valence-electron chi connectivity index (χ0n) is 9.41. The molecule has 0 aromatic heterocycles. The Bertz CT molecular complexity index is 372. The standard InChI is InChI=1S/C7H11F3NO4S.Zn/c1-6(2,3)15-5(12)4-11-16(13,14)7(8,9)10;/h4,12H,1-3H3;/q-1;+2/p-1/b5-4+;. The van der Waals surface area contributed by atoms with Crippen LogP contribution >= 0.6 is 0 Å². The first-order chi connectivity index (χ1) is 6.85. The Labute approximate surface area is 110 Å². The second-order valence-corrected chi connectivity index (χ2v) is 5.31. The van der Waals surface area contributed by atoms with Crippen molar-refractivity contribution in [3.63, 3.8) is 0 Å². The molecule has 5 nitrogen and oxygen atoms in total. The zero-order valence-corrected chi connectivity index (χ0v) is 13.2. The van der Waals surface area contributed by atoms with E-state index in [0.29, 0.717) is 0 Å². The van der Waals surface area contributed by atoms with E-state index in [1.165, 1.54) is 20.8 Å². The number of sulfonamides is 1. The maximum atomic E-state index is 11.8. The van der Waals surface area contributed by atoms with Gasteiger partial charge in [0.25, 0.3) is 0 Å². The van der Waals surface area contributed by atoms with Crippen molar-refractivity contribution in [3.05, 3.63) is 16.9 Å². The van der Waals surface area contributed by atoms with E-state index in [9.17, 15) is 26.7 Å². The summed E-state index contributed by atoms with van der Waals surface area (Å²) < 4.78 is 62.8. The molecule has 0 N–H and O–H groups in total. The van der Waals surface area contributed by atoms with Gasteiger partial charge in [0.15, 0.2) is 10.0 Å². The van der Waals surface area contributed by atoms with Crippen molar-refractivity contribution in [2.75, 3.05) is 0 Å². The number of halogens is 3. The Morgan fingerprint density at radius 2 is 1.71 bits per heavy atom. The Kier molecular flexibility index (Phi) is 6.55. The summed E-state index contributed by atoms with van der Waals surface area (Å²) in [6.45, 7) is 4.41. The largest absolute Gasteiger partial charge is 2.00 e. The average molecular weight is 327 g/mol. The monoisotopic (exact) mass is 325 g/mol. The first-order valence-corrected chi connectivity index (χ1v) is 5.39. The number of rotatable bonds is 3. The van der Waals surface area contributed by atoms with Crippen molar-refractivity contribution in [3.8, 4) is 0 Å². The van der Waals surface area contributed by atoms with Crippen LogP contribution in [-0.2, 0) is 34.2 Å². The molecule has 0 aromatic rings. The third kappa shape index (κ3) is 7.43. The predicted molar refractivity (Wildman–Crippen MR) is 47.3 cm³/mol. The molecular weight excluding hydrogens is 317 g/mol. The molecule has 0 bridgehead atoms. The van der Waals surface area contributed by atoms with Gasteiger partial charge in [-0.1, -0.05) is 20.8 Å². The molecule has 0 heterocycles. The Balaban J connectivity index is 0. The van der Waals surface area contributed by atoms with E-state index in [1.54, 1.807) is 0 Å². The van der Waals surface area contributed by atoms with Crippen molar-refractivity contribution in [2.45, 2.75) is 31.9 Å². The normalized spacial score (nSPS) is 13.9. The van der Waals surface area contributed by atoms with Crippen LogP contribution in [-0.4, -0.2) is 19.5 Å². The molecule has 0 amide bonds. The minimum atomic E-state index is -5.68. The van der Waals surface area contributed by atoms with E-state index in [1.807, 2.05) is 0 Å². The van der Waals surface area contributed by atoms with Crippen LogP contribution < -0.4 is 5.11 Å². The summed E-state index contributed by atoms with van der Waals surface area (Å²) in [5.74, 6) is -1.26. The van der Waals surface area contributed by atoms with Gasteiger partial charge < -0.3 is 14.6 Å². The molecule has 0 radical (unpaired) electrons. The Morgan fingerprint density at radius 1 is 1.29 bits per heavy atom. The van der Waals surface area contributed by atoms with Gasteiger partial charge >= 0.3 is 25.0 Å². The van der Waals surface area contributed by atoms with Gasteiger partial charge in [-0.25, -0.2) is 8.42 Å². The van der Waals surface area contributed by atoms with Gasteiger partial charge in [-0.05, 0) is 0 Å². The van der Waals surface area contributed by atoms with Crippen molar-refractivity contribution in [1.29, 1.82) is 0 Å². The number of ether oxygens (including phenoxy) is 1. The van der Waals surface area contributed by atoms with E-state index in [4.69, 9.17) is 0 Å². The molecule has 0 unspecified atom stereocenters. The fourth-order valence-electron chi connectivity index (χ4n) is 0.500. The van der Waals surface area contributed by atoms with Gasteiger partial charge in [-0.2, -0.15) is 13.2 Å². The second kappa shape index (κ2) is 5.90. The van der Waals surface area contributed by atoms with Crippen LogP contribution in [0.4, 0.5) is 13.2 Å². The fraction of sp³-hybridized carbons (Fsp3) is 0.714. The van der Waals surface area contributed by atoms with Gasteiger partial charge in [0.2, 0.25) is 0 Å². The number of nitrogens with zero attached hydrogens (tertiary/aromatic N) is 1. The number of alkyl halides is 3. The molecule has 0 rings (SSSR count). The smallest absolute Gasteiger partial charge is 0.609 e. The average Bonchev–Trinajstić information content (AvgIpc) is 1.95. The van der Waals surface area contributed by atoms with Crippen molar-refractivity contribution in [2.24, 2.45) is 0 Å². The third-order valence-electron chi connectivity index (χ3n) is 0.996. The molecule has 10 heteroatoms. The maximum absolute atomic E-state index is 11.8. The second-order valence-electron chi connectivity index (χ2n) is 3.69. The molecule has 0 spiro atoms. The Hall–Kier alpha value is -0.497. The molecule has 0 aliphatic carbocycles. The van der Waals surface area contributed by atoms with Gasteiger partial charge in [0.1, 0.15) is 0 Å². The molecule has 96 valence electrons. The van der Waals surface area contributed by atoms with Crippen LogP contribution in [0.3, 0.4) is 0 Å². The van der Waals surface area contributed by atoms with E-state index in [-0.39, 0.29) is 25.7 Å². The van der Waals surface area contributed by atoms with Crippen molar-refractivity contribution < 1.29 is 50.9 Å². The first kappa shape index (κ1) is 18.9. The zero-order chi connectivity index (χ0) is 13.2. The summed E-state index contributed by atoms with van der Waals surface area (Å²) in [7, 11) is -5.68. The molecular formula is C7H10F3NO4SZn. The summed E-state index contributed by atoms with van der Waals surface area (Å²) in [5.41, 5.74) is -6.46. The van der Waals surface area contributed by atoms with Gasteiger partial charge in [0.05, 0.1) is 0 Å². The third-order valence-corrected chi connectivity index (χ3v) is 1.96. The molecule has 0 aliphatic rings. The number of hydrogen-bond donors (Lipinski definition) is 0. The molecule has 0 fully saturated rings. The van der Waals surface area contributed by atoms with Crippen LogP contribution in [0.5, 0.6) is 0 Å². The van der Waals surface area contributed by atoms with Crippen LogP contribution in [0.15, 0.2) is 12.1 Å². The van der Waals surface area contributed by atoms with Crippen LogP contribution in [0.25, 0.3) is 4.72 Å². The maximum Gasteiger partial charge on any atom is 2.00 e. The van der Waals surface area contributed by atoms with E-state index in [0.717, 1.165) is 0 Å². The molecule has 0 saturated carbocycles. The number of hydrogen-bond acceptors (Lipinski definition) is 4. The molecule has 0 atom stereocenters. The summed E-state index contributed by atoms with van der Waals surface area (Å²) in [5, 5.41) is 10.8. The quantitative estimate of drug-likeness (QED) is 0.576. The van der Waals surface area contributed by atoms with Crippen molar-refractivity contribution in [1.82, 2.24) is 0 Å². The van der Waals surface area contributed by atoms with Crippen LogP contribution in [0, 0.1) is 0 Å². The summed E-state index contributed by atoms with van der Waals surface area (Å²) in [4.78, 5) is 0. The van der Waals surface area contributed by atoms with E-state index < -0.39 is 27.1 Å². The van der Waals surface area contributed by atoms with E-state index >= 15 is 0 Å².